The van der Waals surface area contributed by atoms with Crippen molar-refractivity contribution in [3.8, 4) is 11.6 Å². The summed E-state index contributed by atoms with van der Waals surface area (Å²) in [5.74, 6) is 0.721. The standard InChI is InChI=1S/C13H12BrFN2O/c1-8-4-11(15)2-3-12(8)18-13-9(6-16)5-10(14)7-17-13/h2-5,7H,6,16H2,1H3. The average molecular weight is 311 g/mol. The Bertz CT molecular complexity index is 575. The Morgan fingerprint density at radius 3 is 2.83 bits per heavy atom. The fourth-order valence-electron chi connectivity index (χ4n) is 1.54. The largest absolute Gasteiger partial charge is 0.438 e. The van der Waals surface area contributed by atoms with Gasteiger partial charge in [0.1, 0.15) is 11.6 Å². The molecule has 0 bridgehead atoms. The Morgan fingerprint density at radius 1 is 1.39 bits per heavy atom. The minimum Gasteiger partial charge on any atom is -0.438 e. The van der Waals surface area contributed by atoms with E-state index >= 15 is 0 Å². The third kappa shape index (κ3) is 2.86. The molecule has 0 spiro atoms. The van der Waals surface area contributed by atoms with E-state index in [0.717, 1.165) is 10.0 Å². The highest BCUT2D eigenvalue weighted by Gasteiger charge is 2.08. The number of hydrogen-bond donors (Lipinski definition) is 1. The monoisotopic (exact) mass is 310 g/mol. The van der Waals surface area contributed by atoms with Gasteiger partial charge in [-0.3, -0.25) is 0 Å². The van der Waals surface area contributed by atoms with Crippen molar-refractivity contribution in [3.05, 3.63) is 51.9 Å². The molecule has 0 radical (unpaired) electrons. The molecule has 0 amide bonds. The number of halogens is 2. The summed E-state index contributed by atoms with van der Waals surface area (Å²) >= 11 is 3.32. The summed E-state index contributed by atoms with van der Waals surface area (Å²) in [5, 5.41) is 0. The molecule has 1 aromatic carbocycles. The molecule has 1 heterocycles. The van der Waals surface area contributed by atoms with Crippen molar-refractivity contribution in [3.63, 3.8) is 0 Å². The molecule has 0 saturated heterocycles. The Hall–Kier alpha value is -1.46. The molecule has 0 aliphatic carbocycles. The molecule has 5 heteroatoms. The summed E-state index contributed by atoms with van der Waals surface area (Å²) in [4.78, 5) is 4.17. The Labute approximate surface area is 113 Å². The zero-order valence-electron chi connectivity index (χ0n) is 9.78. The highest BCUT2D eigenvalue weighted by Crippen LogP contribution is 2.27. The molecule has 0 aliphatic rings. The molecule has 0 saturated carbocycles. The van der Waals surface area contributed by atoms with Gasteiger partial charge in [0, 0.05) is 22.8 Å². The van der Waals surface area contributed by atoms with E-state index < -0.39 is 0 Å². The summed E-state index contributed by atoms with van der Waals surface area (Å²) in [7, 11) is 0. The molecule has 1 aromatic heterocycles. The predicted molar refractivity (Wildman–Crippen MR) is 71.0 cm³/mol. The van der Waals surface area contributed by atoms with Crippen LogP contribution in [-0.4, -0.2) is 4.98 Å². The van der Waals surface area contributed by atoms with Crippen molar-refractivity contribution < 1.29 is 9.13 Å². The molecule has 0 aliphatic heterocycles. The van der Waals surface area contributed by atoms with E-state index in [1.807, 2.05) is 6.07 Å². The zero-order chi connectivity index (χ0) is 13.1. The first-order valence-electron chi connectivity index (χ1n) is 5.38. The van der Waals surface area contributed by atoms with Gasteiger partial charge < -0.3 is 10.5 Å². The number of aromatic nitrogens is 1. The Balaban J connectivity index is 2.33. The zero-order valence-corrected chi connectivity index (χ0v) is 11.4. The number of hydrogen-bond acceptors (Lipinski definition) is 3. The van der Waals surface area contributed by atoms with Gasteiger partial charge in [0.15, 0.2) is 0 Å². The smallest absolute Gasteiger partial charge is 0.223 e. The van der Waals surface area contributed by atoms with E-state index in [-0.39, 0.29) is 5.82 Å². The maximum Gasteiger partial charge on any atom is 0.223 e. The molecule has 2 rings (SSSR count). The van der Waals surface area contributed by atoms with E-state index in [0.29, 0.717) is 23.7 Å². The van der Waals surface area contributed by atoms with Gasteiger partial charge in [0.25, 0.3) is 0 Å². The maximum absolute atomic E-state index is 13.0. The first kappa shape index (κ1) is 13.0. The Morgan fingerprint density at radius 2 is 2.17 bits per heavy atom. The molecule has 3 nitrogen and oxygen atoms in total. The van der Waals surface area contributed by atoms with Crippen molar-refractivity contribution in [1.82, 2.24) is 4.98 Å². The normalized spacial score (nSPS) is 10.4. The van der Waals surface area contributed by atoms with Crippen LogP contribution in [0.5, 0.6) is 11.6 Å². The average Bonchev–Trinajstić information content (AvgIpc) is 2.34. The number of ether oxygens (including phenoxy) is 1. The van der Waals surface area contributed by atoms with Crippen LogP contribution < -0.4 is 10.5 Å². The lowest BCUT2D eigenvalue weighted by Gasteiger charge is -2.11. The first-order valence-corrected chi connectivity index (χ1v) is 6.18. The summed E-state index contributed by atoms with van der Waals surface area (Å²) in [6.45, 7) is 2.10. The van der Waals surface area contributed by atoms with E-state index in [9.17, 15) is 4.39 Å². The highest BCUT2D eigenvalue weighted by atomic mass is 79.9. The molecule has 18 heavy (non-hydrogen) atoms. The summed E-state index contributed by atoms with van der Waals surface area (Å²) in [5.41, 5.74) is 7.13. The minimum absolute atomic E-state index is 0.289. The van der Waals surface area contributed by atoms with Gasteiger partial charge in [0.2, 0.25) is 5.88 Å². The topological polar surface area (TPSA) is 48.1 Å². The van der Waals surface area contributed by atoms with Crippen molar-refractivity contribution in [2.45, 2.75) is 13.5 Å². The minimum atomic E-state index is -0.289. The van der Waals surface area contributed by atoms with Crippen LogP contribution in [0, 0.1) is 12.7 Å². The second kappa shape index (κ2) is 5.46. The number of nitrogens with zero attached hydrogens (tertiary/aromatic N) is 1. The Kier molecular flexibility index (Phi) is 3.93. The molecular weight excluding hydrogens is 299 g/mol. The fraction of sp³-hybridized carbons (Fsp3) is 0.154. The van der Waals surface area contributed by atoms with Crippen molar-refractivity contribution >= 4 is 15.9 Å². The van der Waals surface area contributed by atoms with Crippen LogP contribution in [0.4, 0.5) is 4.39 Å². The van der Waals surface area contributed by atoms with E-state index in [2.05, 4.69) is 20.9 Å². The van der Waals surface area contributed by atoms with Crippen LogP contribution in [0.1, 0.15) is 11.1 Å². The van der Waals surface area contributed by atoms with Crippen LogP contribution in [0.25, 0.3) is 0 Å². The lowest BCUT2D eigenvalue weighted by atomic mass is 10.2. The number of pyridine rings is 1. The van der Waals surface area contributed by atoms with Gasteiger partial charge in [-0.25, -0.2) is 9.37 Å². The molecule has 0 fully saturated rings. The van der Waals surface area contributed by atoms with Crippen LogP contribution in [-0.2, 0) is 6.54 Å². The molecule has 0 unspecified atom stereocenters. The summed E-state index contributed by atoms with van der Waals surface area (Å²) in [6, 6.07) is 6.19. The van der Waals surface area contributed by atoms with Gasteiger partial charge in [-0.1, -0.05) is 0 Å². The molecular formula is C13H12BrFN2O. The SMILES string of the molecule is Cc1cc(F)ccc1Oc1ncc(Br)cc1CN. The van der Waals surface area contributed by atoms with Gasteiger partial charge in [-0.15, -0.1) is 0 Å². The van der Waals surface area contributed by atoms with Crippen LogP contribution >= 0.6 is 15.9 Å². The van der Waals surface area contributed by atoms with Gasteiger partial charge >= 0.3 is 0 Å². The first-order chi connectivity index (χ1) is 8.60. The number of benzene rings is 1. The van der Waals surface area contributed by atoms with Gasteiger partial charge in [-0.2, -0.15) is 0 Å². The lowest BCUT2D eigenvalue weighted by Crippen LogP contribution is -2.02. The third-order valence-electron chi connectivity index (χ3n) is 2.46. The summed E-state index contributed by atoms with van der Waals surface area (Å²) < 4.78 is 19.5. The number of nitrogens with two attached hydrogens (primary N) is 1. The van der Waals surface area contributed by atoms with Crippen LogP contribution in [0.3, 0.4) is 0 Å². The maximum atomic E-state index is 13.0. The quantitative estimate of drug-likeness (QED) is 0.943. The molecule has 2 aromatic rings. The van der Waals surface area contributed by atoms with Crippen molar-refractivity contribution in [2.75, 3.05) is 0 Å². The van der Waals surface area contributed by atoms with Crippen molar-refractivity contribution in [1.29, 1.82) is 0 Å². The van der Waals surface area contributed by atoms with Crippen LogP contribution in [0.2, 0.25) is 0 Å². The molecule has 94 valence electrons. The van der Waals surface area contributed by atoms with Crippen LogP contribution in [0.15, 0.2) is 34.9 Å². The third-order valence-corrected chi connectivity index (χ3v) is 2.89. The second-order valence-electron chi connectivity index (χ2n) is 3.83. The highest BCUT2D eigenvalue weighted by molar-refractivity contribution is 9.10. The second-order valence-corrected chi connectivity index (χ2v) is 4.75. The molecule has 2 N–H and O–H groups in total. The van der Waals surface area contributed by atoms with Gasteiger partial charge in [-0.05, 0) is 52.7 Å². The van der Waals surface area contributed by atoms with Crippen molar-refractivity contribution in [2.24, 2.45) is 5.73 Å². The van der Waals surface area contributed by atoms with E-state index in [4.69, 9.17) is 10.5 Å². The fourth-order valence-corrected chi connectivity index (χ4v) is 1.92. The predicted octanol–water partition coefficient (Wildman–Crippen LogP) is 3.54. The molecule has 0 atom stereocenters. The van der Waals surface area contributed by atoms with Gasteiger partial charge in [0.05, 0.1) is 0 Å². The lowest BCUT2D eigenvalue weighted by molar-refractivity contribution is 0.451. The number of aryl methyl sites for hydroxylation is 1. The van der Waals surface area contributed by atoms with E-state index in [1.165, 1.54) is 12.1 Å². The number of rotatable bonds is 3. The van der Waals surface area contributed by atoms with E-state index in [1.54, 1.807) is 19.2 Å². The summed E-state index contributed by atoms with van der Waals surface area (Å²) in [6.07, 6.45) is 1.63.